The second-order valence-corrected chi connectivity index (χ2v) is 2.31. The first kappa shape index (κ1) is 9.84. The molecule has 5 N–H and O–H groups in total. The number of rotatable bonds is 4. The van der Waals surface area contributed by atoms with Crippen LogP contribution >= 0.6 is 0 Å². The molecule has 0 fully saturated rings. The molecule has 0 aromatic carbocycles. The number of hydrogen-bond acceptors (Lipinski definition) is 4. The molecule has 0 aliphatic heterocycles. The van der Waals surface area contributed by atoms with Crippen molar-refractivity contribution in [3.8, 4) is 0 Å². The highest BCUT2D eigenvalue weighted by Crippen LogP contribution is 2.00. The first-order chi connectivity index (χ1) is 4.63. The molecule has 0 radical (unpaired) electrons. The molecular formula is C6H15NO3. The molecule has 0 saturated heterocycles. The Bertz CT molecular complexity index is 79.1. The van der Waals surface area contributed by atoms with Crippen molar-refractivity contribution in [3.63, 3.8) is 0 Å². The van der Waals surface area contributed by atoms with Gasteiger partial charge in [0.15, 0.2) is 0 Å². The van der Waals surface area contributed by atoms with Crippen LogP contribution in [0.25, 0.3) is 0 Å². The van der Waals surface area contributed by atoms with E-state index in [-0.39, 0.29) is 6.61 Å². The van der Waals surface area contributed by atoms with Gasteiger partial charge in [-0.05, 0) is 6.42 Å². The van der Waals surface area contributed by atoms with Crippen LogP contribution in [-0.2, 0) is 0 Å². The number of aliphatic hydroxyl groups excluding tert-OH is 3. The predicted octanol–water partition coefficient (Wildman–Crippen LogP) is -1.56. The van der Waals surface area contributed by atoms with E-state index in [1.165, 1.54) is 0 Å². The second-order valence-electron chi connectivity index (χ2n) is 2.31. The molecule has 0 aliphatic rings. The van der Waals surface area contributed by atoms with Gasteiger partial charge in [0.25, 0.3) is 0 Å². The molecule has 0 aromatic heterocycles. The van der Waals surface area contributed by atoms with E-state index in [0.29, 0.717) is 6.42 Å². The summed E-state index contributed by atoms with van der Waals surface area (Å²) in [5, 5.41) is 26.5. The van der Waals surface area contributed by atoms with Crippen LogP contribution in [0.3, 0.4) is 0 Å². The van der Waals surface area contributed by atoms with Crippen molar-refractivity contribution in [2.45, 2.75) is 31.6 Å². The highest BCUT2D eigenvalue weighted by Gasteiger charge is 2.20. The second kappa shape index (κ2) is 4.62. The number of hydrogen-bond donors (Lipinski definition) is 4. The zero-order valence-electron chi connectivity index (χ0n) is 6.07. The lowest BCUT2D eigenvalue weighted by Gasteiger charge is -2.20. The Morgan fingerprint density at radius 2 is 1.90 bits per heavy atom. The lowest BCUT2D eigenvalue weighted by Crippen LogP contribution is -2.45. The smallest absolute Gasteiger partial charge is 0.0971 e. The van der Waals surface area contributed by atoms with Crippen LogP contribution in [-0.4, -0.2) is 40.2 Å². The van der Waals surface area contributed by atoms with Crippen LogP contribution in [0.5, 0.6) is 0 Å². The number of nitrogens with two attached hydrogens (primary N) is 1. The summed E-state index contributed by atoms with van der Waals surface area (Å²) in [6.45, 7) is 1.43. The minimum atomic E-state index is -1.02. The molecule has 2 unspecified atom stereocenters. The van der Waals surface area contributed by atoms with Gasteiger partial charge in [0.05, 0.1) is 24.9 Å². The topological polar surface area (TPSA) is 86.7 Å². The van der Waals surface area contributed by atoms with E-state index in [0.717, 1.165) is 0 Å². The standard InChI is InChI=1S/C6H15NO3/c1-2-5(9)6(10)4(7)3-8/h4-6,8-10H,2-3,7H2,1H3/t4?,5-,6?/m1/s1. The van der Waals surface area contributed by atoms with Crippen LogP contribution in [0.4, 0.5) is 0 Å². The molecule has 0 aromatic rings. The van der Waals surface area contributed by atoms with Gasteiger partial charge >= 0.3 is 0 Å². The Balaban J connectivity index is 3.69. The van der Waals surface area contributed by atoms with Crippen LogP contribution in [0.2, 0.25) is 0 Å². The molecule has 4 heteroatoms. The minimum Gasteiger partial charge on any atom is -0.395 e. The van der Waals surface area contributed by atoms with Crippen LogP contribution in [0.1, 0.15) is 13.3 Å². The molecule has 10 heavy (non-hydrogen) atoms. The van der Waals surface area contributed by atoms with Gasteiger partial charge in [-0.1, -0.05) is 6.92 Å². The Morgan fingerprint density at radius 1 is 1.40 bits per heavy atom. The van der Waals surface area contributed by atoms with Gasteiger partial charge < -0.3 is 21.1 Å². The van der Waals surface area contributed by atoms with Gasteiger partial charge in [0, 0.05) is 0 Å². The van der Waals surface area contributed by atoms with Crippen molar-refractivity contribution in [2.24, 2.45) is 5.73 Å². The van der Waals surface area contributed by atoms with E-state index < -0.39 is 18.2 Å². The van der Waals surface area contributed by atoms with Crippen LogP contribution < -0.4 is 5.73 Å². The average Bonchev–Trinajstić information content (AvgIpc) is 2.00. The van der Waals surface area contributed by atoms with Crippen molar-refractivity contribution in [1.29, 1.82) is 0 Å². The quantitative estimate of drug-likeness (QED) is 0.389. The molecule has 0 rings (SSSR count). The van der Waals surface area contributed by atoms with Gasteiger partial charge in [-0.3, -0.25) is 0 Å². The molecule has 0 spiro atoms. The molecule has 0 heterocycles. The van der Waals surface area contributed by atoms with Crippen molar-refractivity contribution >= 4 is 0 Å². The summed E-state index contributed by atoms with van der Waals surface area (Å²) in [6, 6.07) is -0.741. The average molecular weight is 149 g/mol. The summed E-state index contributed by atoms with van der Waals surface area (Å²) < 4.78 is 0. The van der Waals surface area contributed by atoms with Crippen molar-refractivity contribution in [2.75, 3.05) is 6.61 Å². The van der Waals surface area contributed by atoms with Gasteiger partial charge in [0.1, 0.15) is 0 Å². The third-order valence-corrected chi connectivity index (χ3v) is 1.46. The van der Waals surface area contributed by atoms with Gasteiger partial charge in [-0.25, -0.2) is 0 Å². The van der Waals surface area contributed by atoms with Crippen LogP contribution in [0.15, 0.2) is 0 Å². The highest BCUT2D eigenvalue weighted by atomic mass is 16.3. The van der Waals surface area contributed by atoms with Crippen molar-refractivity contribution < 1.29 is 15.3 Å². The monoisotopic (exact) mass is 149 g/mol. The lowest BCUT2D eigenvalue weighted by molar-refractivity contribution is -0.00852. The lowest BCUT2D eigenvalue weighted by atomic mass is 10.1. The fraction of sp³-hybridized carbons (Fsp3) is 1.00. The van der Waals surface area contributed by atoms with Gasteiger partial charge in [0.2, 0.25) is 0 Å². The maximum Gasteiger partial charge on any atom is 0.0971 e. The molecular weight excluding hydrogens is 134 g/mol. The summed E-state index contributed by atoms with van der Waals surface area (Å²) in [5.74, 6) is 0. The third kappa shape index (κ3) is 2.62. The summed E-state index contributed by atoms with van der Waals surface area (Å²) in [5.41, 5.74) is 5.23. The third-order valence-electron chi connectivity index (χ3n) is 1.46. The minimum absolute atomic E-state index is 0.307. The molecule has 0 bridgehead atoms. The van der Waals surface area contributed by atoms with Gasteiger partial charge in [-0.15, -0.1) is 0 Å². The summed E-state index contributed by atoms with van der Waals surface area (Å²) in [7, 11) is 0. The zero-order valence-corrected chi connectivity index (χ0v) is 6.07. The molecule has 62 valence electrons. The Morgan fingerprint density at radius 3 is 2.20 bits per heavy atom. The van der Waals surface area contributed by atoms with E-state index in [9.17, 15) is 0 Å². The molecule has 0 amide bonds. The molecule has 0 aliphatic carbocycles. The first-order valence-corrected chi connectivity index (χ1v) is 3.36. The zero-order chi connectivity index (χ0) is 8.15. The number of aliphatic hydroxyl groups is 3. The van der Waals surface area contributed by atoms with E-state index in [4.69, 9.17) is 21.1 Å². The maximum absolute atomic E-state index is 9.05. The SMILES string of the molecule is CC[C@@H](O)C(O)C(N)CO. The summed E-state index contributed by atoms with van der Waals surface area (Å²) in [6.07, 6.45) is -1.41. The maximum atomic E-state index is 9.05. The largest absolute Gasteiger partial charge is 0.395 e. The van der Waals surface area contributed by atoms with E-state index in [2.05, 4.69) is 0 Å². The fourth-order valence-electron chi connectivity index (χ4n) is 0.635. The molecule has 3 atom stereocenters. The van der Waals surface area contributed by atoms with Crippen LogP contribution in [0, 0.1) is 0 Å². The predicted molar refractivity (Wildman–Crippen MR) is 37.4 cm³/mol. The van der Waals surface area contributed by atoms with Crippen molar-refractivity contribution in [1.82, 2.24) is 0 Å². The Hall–Kier alpha value is -0.160. The van der Waals surface area contributed by atoms with Gasteiger partial charge in [-0.2, -0.15) is 0 Å². The first-order valence-electron chi connectivity index (χ1n) is 3.36. The normalized spacial score (nSPS) is 20.1. The molecule has 0 saturated carbocycles. The molecule has 4 nitrogen and oxygen atoms in total. The Kier molecular flexibility index (Phi) is 4.55. The van der Waals surface area contributed by atoms with Crippen molar-refractivity contribution in [3.05, 3.63) is 0 Å². The van der Waals surface area contributed by atoms with E-state index >= 15 is 0 Å². The highest BCUT2D eigenvalue weighted by molar-refractivity contribution is 4.76. The summed E-state index contributed by atoms with van der Waals surface area (Å²) in [4.78, 5) is 0. The van der Waals surface area contributed by atoms with E-state index in [1.807, 2.05) is 0 Å². The Labute approximate surface area is 60.3 Å². The van der Waals surface area contributed by atoms with E-state index in [1.54, 1.807) is 6.92 Å². The fourth-order valence-corrected chi connectivity index (χ4v) is 0.635. The summed E-state index contributed by atoms with van der Waals surface area (Å²) >= 11 is 0.